The van der Waals surface area contributed by atoms with Crippen molar-refractivity contribution in [2.75, 3.05) is 6.61 Å². The molecule has 5 heteroatoms. The first kappa shape index (κ1) is 9.36. The van der Waals surface area contributed by atoms with Crippen molar-refractivity contribution in [3.05, 3.63) is 0 Å². The fraction of sp³-hybridized carbons (Fsp3) is 1.00. The number of hydrogen-bond acceptors (Lipinski definition) is 5. The van der Waals surface area contributed by atoms with Crippen LogP contribution in [0.5, 0.6) is 0 Å². The molecule has 2 aliphatic rings. The van der Waals surface area contributed by atoms with Crippen LogP contribution in [0.4, 0.5) is 0 Å². The topological polar surface area (TPSA) is 90.2 Å². The molecule has 4 N–H and O–H groups in total. The summed E-state index contributed by atoms with van der Waals surface area (Å²) in [5, 5.41) is 37.0. The highest BCUT2D eigenvalue weighted by molar-refractivity contribution is 5.09. The highest BCUT2D eigenvalue weighted by Gasteiger charge is 2.61. The van der Waals surface area contributed by atoms with Crippen LogP contribution in [0, 0.1) is 5.92 Å². The molecule has 0 radical (unpaired) electrons. The van der Waals surface area contributed by atoms with E-state index in [9.17, 15) is 10.2 Å². The van der Waals surface area contributed by atoms with Crippen LogP contribution >= 0.6 is 0 Å². The predicted octanol–water partition coefficient (Wildman–Crippen LogP) is -1.80. The smallest absolute Gasteiger partial charge is 0.184 e. The number of aliphatic hydroxyl groups excluding tert-OH is 4. The maximum absolute atomic E-state index is 9.59. The van der Waals surface area contributed by atoms with Gasteiger partial charge in [0.25, 0.3) is 0 Å². The van der Waals surface area contributed by atoms with Crippen molar-refractivity contribution in [1.29, 1.82) is 0 Å². The minimum Gasteiger partial charge on any atom is -0.396 e. The number of ether oxygens (including phenoxy) is 1. The quantitative estimate of drug-likeness (QED) is 0.391. The average Bonchev–Trinajstić information content (AvgIpc) is 2.31. The second-order valence-corrected chi connectivity index (χ2v) is 3.82. The van der Waals surface area contributed by atoms with Crippen molar-refractivity contribution in [3.8, 4) is 0 Å². The molecule has 1 spiro atoms. The zero-order valence-electron chi connectivity index (χ0n) is 7.13. The summed E-state index contributed by atoms with van der Waals surface area (Å²) in [6.45, 7) is -0.0868. The van der Waals surface area contributed by atoms with Crippen molar-refractivity contribution in [3.63, 3.8) is 0 Å². The third-order valence-corrected chi connectivity index (χ3v) is 3.25. The highest BCUT2D eigenvalue weighted by atomic mass is 16.7. The van der Waals surface area contributed by atoms with E-state index in [4.69, 9.17) is 14.9 Å². The van der Waals surface area contributed by atoms with Gasteiger partial charge in [0, 0.05) is 12.5 Å². The Kier molecular flexibility index (Phi) is 2.08. The molecule has 5 atom stereocenters. The van der Waals surface area contributed by atoms with Gasteiger partial charge in [0.1, 0.15) is 17.8 Å². The molecule has 1 aliphatic carbocycles. The van der Waals surface area contributed by atoms with Crippen LogP contribution in [-0.2, 0) is 4.74 Å². The molecule has 76 valence electrons. The van der Waals surface area contributed by atoms with Crippen LogP contribution in [0.15, 0.2) is 0 Å². The van der Waals surface area contributed by atoms with E-state index < -0.39 is 24.1 Å². The predicted molar refractivity (Wildman–Crippen MR) is 41.6 cm³/mol. The summed E-state index contributed by atoms with van der Waals surface area (Å²) in [5.74, 6) is -0.172. The zero-order chi connectivity index (χ0) is 9.64. The lowest BCUT2D eigenvalue weighted by molar-refractivity contribution is -0.221. The number of hydrogen-bond donors (Lipinski definition) is 4. The van der Waals surface area contributed by atoms with Crippen LogP contribution in [0.1, 0.15) is 12.8 Å². The summed E-state index contributed by atoms with van der Waals surface area (Å²) >= 11 is 0. The van der Waals surface area contributed by atoms with Gasteiger partial charge < -0.3 is 25.2 Å². The van der Waals surface area contributed by atoms with Crippen LogP contribution in [0.25, 0.3) is 0 Å². The first-order valence-corrected chi connectivity index (χ1v) is 4.44. The normalized spacial score (nSPS) is 55.4. The van der Waals surface area contributed by atoms with E-state index in [2.05, 4.69) is 0 Å². The van der Waals surface area contributed by atoms with Gasteiger partial charge in [-0.2, -0.15) is 0 Å². The second kappa shape index (κ2) is 2.90. The van der Waals surface area contributed by atoms with Crippen molar-refractivity contribution in [1.82, 2.24) is 0 Å². The van der Waals surface area contributed by atoms with Gasteiger partial charge in [-0.1, -0.05) is 0 Å². The van der Waals surface area contributed by atoms with E-state index in [1.807, 2.05) is 0 Å². The minimum absolute atomic E-state index is 0.0868. The monoisotopic (exact) mass is 190 g/mol. The molecule has 0 bridgehead atoms. The largest absolute Gasteiger partial charge is 0.396 e. The molecule has 2 rings (SSSR count). The Bertz CT molecular complexity index is 207. The lowest BCUT2D eigenvalue weighted by Gasteiger charge is -2.47. The molecule has 2 unspecified atom stereocenters. The van der Waals surface area contributed by atoms with Gasteiger partial charge in [-0.15, -0.1) is 0 Å². The Morgan fingerprint density at radius 3 is 2.31 bits per heavy atom. The second-order valence-electron chi connectivity index (χ2n) is 3.82. The molecule has 1 saturated heterocycles. The standard InChI is InChI=1S/C8H14O5/c9-3-4-1-2-8(4)6(11)5(10)7(12)13-8/h4-7,9-12H,1-3H2/t4-,5?,6-,7?,8-/m1/s1. The lowest BCUT2D eigenvalue weighted by Crippen LogP contribution is -2.57. The van der Waals surface area contributed by atoms with Gasteiger partial charge in [0.2, 0.25) is 0 Å². The van der Waals surface area contributed by atoms with Gasteiger partial charge in [0.15, 0.2) is 6.29 Å². The van der Waals surface area contributed by atoms with E-state index in [0.29, 0.717) is 6.42 Å². The number of aliphatic hydroxyl groups is 4. The van der Waals surface area contributed by atoms with Crippen molar-refractivity contribution >= 4 is 0 Å². The third-order valence-electron chi connectivity index (χ3n) is 3.25. The molecule has 0 aromatic carbocycles. The summed E-state index contributed by atoms with van der Waals surface area (Å²) in [5.41, 5.74) is -0.909. The number of rotatable bonds is 1. The molecule has 13 heavy (non-hydrogen) atoms. The summed E-state index contributed by atoms with van der Waals surface area (Å²) in [6.07, 6.45) is -2.34. The molecular weight excluding hydrogens is 176 g/mol. The van der Waals surface area contributed by atoms with Crippen molar-refractivity contribution in [2.24, 2.45) is 5.92 Å². The van der Waals surface area contributed by atoms with Crippen LogP contribution in [0.3, 0.4) is 0 Å². The Hall–Kier alpha value is -0.200. The molecule has 0 amide bonds. The molecule has 1 saturated carbocycles. The zero-order valence-corrected chi connectivity index (χ0v) is 7.13. The lowest BCUT2D eigenvalue weighted by atomic mass is 9.66. The van der Waals surface area contributed by atoms with Crippen molar-refractivity contribution in [2.45, 2.75) is 36.9 Å². The van der Waals surface area contributed by atoms with E-state index in [1.54, 1.807) is 0 Å². The maximum Gasteiger partial charge on any atom is 0.184 e. The Labute approximate surface area is 75.6 Å². The summed E-state index contributed by atoms with van der Waals surface area (Å²) in [7, 11) is 0. The van der Waals surface area contributed by atoms with E-state index >= 15 is 0 Å². The molecule has 0 aromatic heterocycles. The van der Waals surface area contributed by atoms with Crippen LogP contribution in [0.2, 0.25) is 0 Å². The fourth-order valence-corrected chi connectivity index (χ4v) is 2.23. The first-order chi connectivity index (χ1) is 6.12. The molecule has 2 fully saturated rings. The summed E-state index contributed by atoms with van der Waals surface area (Å²) < 4.78 is 5.11. The van der Waals surface area contributed by atoms with E-state index in [0.717, 1.165) is 6.42 Å². The Morgan fingerprint density at radius 2 is 2.00 bits per heavy atom. The van der Waals surface area contributed by atoms with Crippen LogP contribution < -0.4 is 0 Å². The van der Waals surface area contributed by atoms with Gasteiger partial charge >= 0.3 is 0 Å². The van der Waals surface area contributed by atoms with Gasteiger partial charge in [-0.25, -0.2) is 0 Å². The molecule has 1 heterocycles. The van der Waals surface area contributed by atoms with E-state index in [1.165, 1.54) is 0 Å². The van der Waals surface area contributed by atoms with Crippen molar-refractivity contribution < 1.29 is 25.2 Å². The maximum atomic E-state index is 9.59. The SMILES string of the molecule is OC[C@H]1CC[C@@]12OC(O)C(O)[C@H]2O. The molecule has 1 aliphatic heterocycles. The minimum atomic E-state index is -1.33. The van der Waals surface area contributed by atoms with E-state index in [-0.39, 0.29) is 12.5 Å². The third kappa shape index (κ3) is 1.05. The average molecular weight is 190 g/mol. The van der Waals surface area contributed by atoms with Gasteiger partial charge in [0.05, 0.1) is 0 Å². The Balaban J connectivity index is 2.16. The van der Waals surface area contributed by atoms with Gasteiger partial charge in [-0.3, -0.25) is 0 Å². The Morgan fingerprint density at radius 1 is 1.31 bits per heavy atom. The molecule has 0 aromatic rings. The van der Waals surface area contributed by atoms with Crippen LogP contribution in [-0.4, -0.2) is 51.1 Å². The summed E-state index contributed by atoms with van der Waals surface area (Å²) in [4.78, 5) is 0. The van der Waals surface area contributed by atoms with Gasteiger partial charge in [-0.05, 0) is 12.8 Å². The summed E-state index contributed by atoms with van der Waals surface area (Å²) in [6, 6.07) is 0. The molecular formula is C8H14O5. The first-order valence-electron chi connectivity index (χ1n) is 4.44. The fourth-order valence-electron chi connectivity index (χ4n) is 2.23. The molecule has 5 nitrogen and oxygen atoms in total. The highest BCUT2D eigenvalue weighted by Crippen LogP contribution is 2.49.